The summed E-state index contributed by atoms with van der Waals surface area (Å²) in [7, 11) is 1.59. The Hall–Kier alpha value is -3.35. The molecule has 0 unspecified atom stereocenters. The summed E-state index contributed by atoms with van der Waals surface area (Å²) in [6.07, 6.45) is 7.06. The highest BCUT2D eigenvalue weighted by Crippen LogP contribution is 2.25. The van der Waals surface area contributed by atoms with Gasteiger partial charge in [0.1, 0.15) is 5.75 Å². The van der Waals surface area contributed by atoms with Gasteiger partial charge in [-0.1, -0.05) is 56.4 Å². The molecule has 1 saturated carbocycles. The average Bonchev–Trinajstić information content (AvgIpc) is 2.83. The van der Waals surface area contributed by atoms with Crippen molar-refractivity contribution in [1.29, 1.82) is 0 Å². The van der Waals surface area contributed by atoms with Crippen molar-refractivity contribution in [2.75, 3.05) is 19.0 Å². The van der Waals surface area contributed by atoms with E-state index in [0.717, 1.165) is 12.0 Å². The number of hydrogen-bond donors (Lipinski definition) is 3. The summed E-state index contributed by atoms with van der Waals surface area (Å²) in [5, 5.41) is 8.09. The van der Waals surface area contributed by atoms with Crippen LogP contribution in [0.4, 0.5) is 5.69 Å². The molecule has 7 nitrogen and oxygen atoms in total. The zero-order valence-corrected chi connectivity index (χ0v) is 18.5. The predicted octanol–water partition coefficient (Wildman–Crippen LogP) is 3.65. The lowest BCUT2D eigenvalue weighted by atomic mass is 9.87. The quantitative estimate of drug-likeness (QED) is 0.549. The normalized spacial score (nSPS) is 13.8. The highest BCUT2D eigenvalue weighted by molar-refractivity contribution is 6.40. The molecule has 0 radical (unpaired) electrons. The van der Waals surface area contributed by atoms with Crippen molar-refractivity contribution in [3.63, 3.8) is 0 Å². The topological polar surface area (TPSA) is 96.5 Å². The van der Waals surface area contributed by atoms with Crippen LogP contribution in [0.1, 0.15) is 54.4 Å². The van der Waals surface area contributed by atoms with Gasteiger partial charge in [0.25, 0.3) is 5.91 Å². The molecule has 2 aromatic rings. The van der Waals surface area contributed by atoms with Gasteiger partial charge in [-0.25, -0.2) is 0 Å². The van der Waals surface area contributed by atoms with E-state index in [9.17, 15) is 14.4 Å². The average molecular weight is 438 g/mol. The van der Waals surface area contributed by atoms with Crippen molar-refractivity contribution in [3.05, 3.63) is 59.7 Å². The minimum absolute atomic E-state index is 0.291. The monoisotopic (exact) mass is 437 g/mol. The summed E-state index contributed by atoms with van der Waals surface area (Å²) in [6, 6.07) is 14.0. The molecule has 0 heterocycles. The van der Waals surface area contributed by atoms with Crippen molar-refractivity contribution in [1.82, 2.24) is 10.6 Å². The third kappa shape index (κ3) is 6.83. The number of benzene rings is 2. The SMILES string of the molecule is COc1cccc(CNC(=O)c2ccccc2NC(=O)C(=O)NCCC2CCCCC2)c1. The van der Waals surface area contributed by atoms with E-state index in [1.807, 2.05) is 24.3 Å². The van der Waals surface area contributed by atoms with E-state index in [0.29, 0.717) is 36.0 Å². The second-order valence-electron chi connectivity index (χ2n) is 8.08. The first kappa shape index (κ1) is 23.3. The van der Waals surface area contributed by atoms with Crippen molar-refractivity contribution in [3.8, 4) is 5.75 Å². The lowest BCUT2D eigenvalue weighted by Gasteiger charge is -2.21. The van der Waals surface area contributed by atoms with E-state index < -0.39 is 11.8 Å². The first-order valence-corrected chi connectivity index (χ1v) is 11.2. The van der Waals surface area contributed by atoms with Gasteiger partial charge in [0.15, 0.2) is 0 Å². The number of rotatable bonds is 8. The van der Waals surface area contributed by atoms with Crippen LogP contribution in [-0.2, 0) is 16.1 Å². The summed E-state index contributed by atoms with van der Waals surface area (Å²) in [5.74, 6) is -0.476. The van der Waals surface area contributed by atoms with Gasteiger partial charge in [0, 0.05) is 13.1 Å². The second kappa shape index (κ2) is 11.9. The van der Waals surface area contributed by atoms with Crippen LogP contribution < -0.4 is 20.7 Å². The number of anilines is 1. The van der Waals surface area contributed by atoms with E-state index >= 15 is 0 Å². The van der Waals surface area contributed by atoms with Gasteiger partial charge in [0.05, 0.1) is 18.4 Å². The van der Waals surface area contributed by atoms with Crippen LogP contribution >= 0.6 is 0 Å². The van der Waals surface area contributed by atoms with Crippen molar-refractivity contribution >= 4 is 23.4 Å². The van der Waals surface area contributed by atoms with Gasteiger partial charge in [0.2, 0.25) is 0 Å². The maximum atomic E-state index is 12.7. The molecule has 3 amide bonds. The number of hydrogen-bond acceptors (Lipinski definition) is 4. The number of carbonyl (C=O) groups excluding carboxylic acids is 3. The molecule has 170 valence electrons. The van der Waals surface area contributed by atoms with Gasteiger partial charge >= 0.3 is 11.8 Å². The summed E-state index contributed by atoms with van der Waals surface area (Å²) in [5.41, 5.74) is 1.47. The third-order valence-electron chi connectivity index (χ3n) is 5.78. The summed E-state index contributed by atoms with van der Waals surface area (Å²) in [4.78, 5) is 37.3. The van der Waals surface area contributed by atoms with Crippen LogP contribution in [0.2, 0.25) is 0 Å². The van der Waals surface area contributed by atoms with Crippen LogP contribution in [0.25, 0.3) is 0 Å². The molecule has 0 atom stereocenters. The van der Waals surface area contributed by atoms with Crippen LogP contribution in [-0.4, -0.2) is 31.4 Å². The van der Waals surface area contributed by atoms with Gasteiger partial charge in [-0.15, -0.1) is 0 Å². The van der Waals surface area contributed by atoms with Gasteiger partial charge < -0.3 is 20.7 Å². The number of methoxy groups -OCH3 is 1. The minimum Gasteiger partial charge on any atom is -0.497 e. The Morgan fingerprint density at radius 2 is 1.72 bits per heavy atom. The summed E-state index contributed by atoms with van der Waals surface area (Å²) >= 11 is 0. The number of para-hydroxylation sites is 1. The van der Waals surface area contributed by atoms with E-state index in [-0.39, 0.29) is 5.91 Å². The highest BCUT2D eigenvalue weighted by Gasteiger charge is 2.19. The Labute approximate surface area is 188 Å². The molecule has 0 spiro atoms. The minimum atomic E-state index is -0.776. The molecule has 0 saturated heterocycles. The van der Waals surface area contributed by atoms with Crippen LogP contribution in [0.5, 0.6) is 5.75 Å². The standard InChI is InChI=1S/C25H31N3O4/c1-32-20-11-7-10-19(16-20)17-27-23(29)21-12-5-6-13-22(21)28-25(31)24(30)26-15-14-18-8-3-2-4-9-18/h5-7,10-13,16,18H,2-4,8-9,14-15,17H2,1H3,(H,26,30)(H,27,29)(H,28,31). The van der Waals surface area contributed by atoms with Gasteiger partial charge in [-0.05, 0) is 42.2 Å². The molecule has 0 aromatic heterocycles. The first-order valence-electron chi connectivity index (χ1n) is 11.2. The molecule has 3 rings (SSSR count). The van der Waals surface area contributed by atoms with Crippen LogP contribution in [0.15, 0.2) is 48.5 Å². The largest absolute Gasteiger partial charge is 0.497 e. The fraction of sp³-hybridized carbons (Fsp3) is 0.400. The lowest BCUT2D eigenvalue weighted by Crippen LogP contribution is -2.37. The maximum absolute atomic E-state index is 12.7. The Bertz CT molecular complexity index is 938. The number of carbonyl (C=O) groups is 3. The van der Waals surface area contributed by atoms with Crippen LogP contribution in [0.3, 0.4) is 0 Å². The fourth-order valence-electron chi connectivity index (χ4n) is 3.98. The third-order valence-corrected chi connectivity index (χ3v) is 5.78. The molecular weight excluding hydrogens is 406 g/mol. The van der Waals surface area contributed by atoms with Gasteiger partial charge in [-0.2, -0.15) is 0 Å². The number of amides is 3. The summed E-state index contributed by atoms with van der Waals surface area (Å²) < 4.78 is 5.20. The van der Waals surface area contributed by atoms with E-state index in [4.69, 9.17) is 4.74 Å². The Kier molecular flexibility index (Phi) is 8.66. The Morgan fingerprint density at radius 1 is 0.938 bits per heavy atom. The number of nitrogens with one attached hydrogen (secondary N) is 3. The van der Waals surface area contributed by atoms with E-state index in [1.54, 1.807) is 31.4 Å². The molecule has 1 fully saturated rings. The van der Waals surface area contributed by atoms with E-state index in [2.05, 4.69) is 16.0 Å². The molecule has 0 aliphatic heterocycles. The smallest absolute Gasteiger partial charge is 0.313 e. The van der Waals surface area contributed by atoms with Crippen LogP contribution in [0, 0.1) is 5.92 Å². The van der Waals surface area contributed by atoms with E-state index in [1.165, 1.54) is 32.1 Å². The molecule has 1 aliphatic carbocycles. The molecule has 7 heteroatoms. The first-order chi connectivity index (χ1) is 15.6. The molecule has 32 heavy (non-hydrogen) atoms. The molecule has 1 aliphatic rings. The Balaban J connectivity index is 1.52. The van der Waals surface area contributed by atoms with Crippen molar-refractivity contribution in [2.45, 2.75) is 45.1 Å². The zero-order chi connectivity index (χ0) is 22.8. The zero-order valence-electron chi connectivity index (χ0n) is 18.5. The maximum Gasteiger partial charge on any atom is 0.313 e. The fourth-order valence-corrected chi connectivity index (χ4v) is 3.98. The molecular formula is C25H31N3O4. The molecule has 2 aromatic carbocycles. The van der Waals surface area contributed by atoms with Gasteiger partial charge in [-0.3, -0.25) is 14.4 Å². The second-order valence-corrected chi connectivity index (χ2v) is 8.08. The summed E-state index contributed by atoms with van der Waals surface area (Å²) in [6.45, 7) is 0.791. The molecule has 0 bridgehead atoms. The molecule has 3 N–H and O–H groups in total. The number of ether oxygens (including phenoxy) is 1. The van der Waals surface area contributed by atoms with Crippen molar-refractivity contribution < 1.29 is 19.1 Å². The lowest BCUT2D eigenvalue weighted by molar-refractivity contribution is -0.136. The highest BCUT2D eigenvalue weighted by atomic mass is 16.5. The Morgan fingerprint density at radius 3 is 2.50 bits per heavy atom. The predicted molar refractivity (Wildman–Crippen MR) is 123 cm³/mol. The van der Waals surface area contributed by atoms with Crippen molar-refractivity contribution in [2.24, 2.45) is 5.92 Å².